The first-order valence-electron chi connectivity index (χ1n) is 5.97. The van der Waals surface area contributed by atoms with E-state index in [0.717, 1.165) is 36.8 Å². The molecule has 1 aromatic heterocycles. The molecule has 0 spiro atoms. The molecule has 0 saturated heterocycles. The Balaban J connectivity index is 2.10. The Morgan fingerprint density at radius 1 is 1.44 bits per heavy atom. The molecule has 16 heavy (non-hydrogen) atoms. The zero-order chi connectivity index (χ0) is 11.4. The fraction of sp³-hybridized carbons (Fsp3) is 0.583. The molecule has 1 aromatic rings. The fourth-order valence-corrected chi connectivity index (χ4v) is 1.80. The van der Waals surface area contributed by atoms with Crippen LogP contribution in [0.2, 0.25) is 0 Å². The standard InChI is InChI=1S/C12H19N3O/c1-3-9(4-2)14-11-6-5-10-12(15-11)13-7-8-16-10/h5-6,9H,3-4,7-8H2,1-2H3,(H2,13,14,15). The van der Waals surface area contributed by atoms with Gasteiger partial charge in [0, 0.05) is 6.04 Å². The summed E-state index contributed by atoms with van der Waals surface area (Å²) in [5.74, 6) is 2.62. The first kappa shape index (κ1) is 11.0. The van der Waals surface area contributed by atoms with Crippen molar-refractivity contribution in [1.82, 2.24) is 4.98 Å². The number of rotatable bonds is 4. The molecule has 4 heteroatoms. The number of hydrogen-bond donors (Lipinski definition) is 2. The third-order valence-corrected chi connectivity index (χ3v) is 2.85. The highest BCUT2D eigenvalue weighted by Crippen LogP contribution is 2.26. The van der Waals surface area contributed by atoms with E-state index in [9.17, 15) is 0 Å². The van der Waals surface area contributed by atoms with Gasteiger partial charge in [-0.2, -0.15) is 0 Å². The van der Waals surface area contributed by atoms with E-state index in [1.54, 1.807) is 0 Å². The maximum absolute atomic E-state index is 5.48. The minimum Gasteiger partial charge on any atom is -0.488 e. The molecule has 0 aliphatic carbocycles. The summed E-state index contributed by atoms with van der Waals surface area (Å²) in [5.41, 5.74) is 0. The minimum atomic E-state index is 0.495. The van der Waals surface area contributed by atoms with Crippen LogP contribution in [0, 0.1) is 0 Å². The van der Waals surface area contributed by atoms with Crippen molar-refractivity contribution in [2.45, 2.75) is 32.7 Å². The lowest BCUT2D eigenvalue weighted by molar-refractivity contribution is 0.321. The number of nitrogens with one attached hydrogen (secondary N) is 2. The molecule has 0 radical (unpaired) electrons. The van der Waals surface area contributed by atoms with Gasteiger partial charge in [-0.05, 0) is 25.0 Å². The summed E-state index contributed by atoms with van der Waals surface area (Å²) in [7, 11) is 0. The molecule has 0 bridgehead atoms. The van der Waals surface area contributed by atoms with E-state index in [1.165, 1.54) is 0 Å². The summed E-state index contributed by atoms with van der Waals surface area (Å²) in [6.45, 7) is 5.91. The van der Waals surface area contributed by atoms with Crippen LogP contribution in [0.15, 0.2) is 12.1 Å². The van der Waals surface area contributed by atoms with Gasteiger partial charge in [0.25, 0.3) is 0 Å². The molecule has 2 heterocycles. The van der Waals surface area contributed by atoms with Crippen LogP contribution in [-0.2, 0) is 0 Å². The predicted molar refractivity (Wildman–Crippen MR) is 66.2 cm³/mol. The second kappa shape index (κ2) is 5.05. The average molecular weight is 221 g/mol. The molecule has 0 saturated carbocycles. The predicted octanol–water partition coefficient (Wildman–Crippen LogP) is 2.49. The van der Waals surface area contributed by atoms with E-state index in [1.807, 2.05) is 12.1 Å². The molecule has 0 amide bonds. The van der Waals surface area contributed by atoms with Crippen molar-refractivity contribution >= 4 is 11.6 Å². The van der Waals surface area contributed by atoms with E-state index in [2.05, 4.69) is 29.5 Å². The Morgan fingerprint density at radius 3 is 3.00 bits per heavy atom. The Labute approximate surface area is 96.4 Å². The summed E-state index contributed by atoms with van der Waals surface area (Å²) >= 11 is 0. The lowest BCUT2D eigenvalue weighted by Crippen LogP contribution is -2.21. The van der Waals surface area contributed by atoms with Gasteiger partial charge in [0.05, 0.1) is 6.54 Å². The van der Waals surface area contributed by atoms with Crippen LogP contribution in [-0.4, -0.2) is 24.2 Å². The molecular formula is C12H19N3O. The Kier molecular flexibility index (Phi) is 3.49. The van der Waals surface area contributed by atoms with E-state index >= 15 is 0 Å². The van der Waals surface area contributed by atoms with Crippen molar-refractivity contribution in [3.63, 3.8) is 0 Å². The van der Waals surface area contributed by atoms with Crippen LogP contribution >= 0.6 is 0 Å². The molecule has 1 aliphatic rings. The van der Waals surface area contributed by atoms with Crippen molar-refractivity contribution in [2.75, 3.05) is 23.8 Å². The molecule has 2 rings (SSSR count). The highest BCUT2D eigenvalue weighted by Gasteiger charge is 2.12. The Morgan fingerprint density at radius 2 is 2.25 bits per heavy atom. The largest absolute Gasteiger partial charge is 0.488 e. The van der Waals surface area contributed by atoms with Crippen LogP contribution in [0.1, 0.15) is 26.7 Å². The van der Waals surface area contributed by atoms with Crippen molar-refractivity contribution in [2.24, 2.45) is 0 Å². The smallest absolute Gasteiger partial charge is 0.171 e. The Hall–Kier alpha value is -1.45. The lowest BCUT2D eigenvalue weighted by Gasteiger charge is -2.20. The van der Waals surface area contributed by atoms with Gasteiger partial charge < -0.3 is 15.4 Å². The van der Waals surface area contributed by atoms with Crippen LogP contribution in [0.3, 0.4) is 0 Å². The first-order chi connectivity index (χ1) is 7.83. The van der Waals surface area contributed by atoms with Crippen LogP contribution in [0.4, 0.5) is 11.6 Å². The molecule has 88 valence electrons. The van der Waals surface area contributed by atoms with E-state index < -0.39 is 0 Å². The molecule has 0 atom stereocenters. The van der Waals surface area contributed by atoms with Gasteiger partial charge in [-0.1, -0.05) is 13.8 Å². The monoisotopic (exact) mass is 221 g/mol. The normalized spacial score (nSPS) is 13.9. The molecule has 1 aliphatic heterocycles. The third-order valence-electron chi connectivity index (χ3n) is 2.85. The highest BCUT2D eigenvalue weighted by atomic mass is 16.5. The second-order valence-electron chi connectivity index (χ2n) is 3.98. The summed E-state index contributed by atoms with van der Waals surface area (Å²) in [5, 5.41) is 6.66. The zero-order valence-corrected chi connectivity index (χ0v) is 9.92. The SMILES string of the molecule is CCC(CC)Nc1ccc2c(n1)NCCO2. The number of fused-ring (bicyclic) bond motifs is 1. The van der Waals surface area contributed by atoms with Crippen LogP contribution in [0.5, 0.6) is 5.75 Å². The summed E-state index contributed by atoms with van der Waals surface area (Å²) < 4.78 is 5.48. The molecule has 4 nitrogen and oxygen atoms in total. The topological polar surface area (TPSA) is 46.2 Å². The summed E-state index contributed by atoms with van der Waals surface area (Å²) in [4.78, 5) is 4.50. The maximum atomic E-state index is 5.48. The fourth-order valence-electron chi connectivity index (χ4n) is 1.80. The Bertz CT molecular complexity index is 350. The highest BCUT2D eigenvalue weighted by molar-refractivity contribution is 5.56. The molecule has 0 fully saturated rings. The number of anilines is 2. The summed E-state index contributed by atoms with van der Waals surface area (Å²) in [6, 6.07) is 4.44. The van der Waals surface area contributed by atoms with Crippen molar-refractivity contribution < 1.29 is 4.74 Å². The molecule has 0 aromatic carbocycles. The third kappa shape index (κ3) is 2.38. The van der Waals surface area contributed by atoms with E-state index in [-0.39, 0.29) is 0 Å². The van der Waals surface area contributed by atoms with Crippen molar-refractivity contribution in [1.29, 1.82) is 0 Å². The van der Waals surface area contributed by atoms with Gasteiger partial charge in [-0.25, -0.2) is 4.98 Å². The number of pyridine rings is 1. The van der Waals surface area contributed by atoms with Gasteiger partial charge in [0.2, 0.25) is 0 Å². The zero-order valence-electron chi connectivity index (χ0n) is 9.92. The van der Waals surface area contributed by atoms with Crippen molar-refractivity contribution in [3.8, 4) is 5.75 Å². The van der Waals surface area contributed by atoms with Crippen LogP contribution < -0.4 is 15.4 Å². The molecule has 0 unspecified atom stereocenters. The van der Waals surface area contributed by atoms with Gasteiger partial charge in [0.1, 0.15) is 12.4 Å². The number of hydrogen-bond acceptors (Lipinski definition) is 4. The van der Waals surface area contributed by atoms with E-state index in [0.29, 0.717) is 12.6 Å². The average Bonchev–Trinajstić information content (AvgIpc) is 2.35. The minimum absolute atomic E-state index is 0.495. The van der Waals surface area contributed by atoms with Gasteiger partial charge in [-0.3, -0.25) is 0 Å². The van der Waals surface area contributed by atoms with Crippen molar-refractivity contribution in [3.05, 3.63) is 12.1 Å². The van der Waals surface area contributed by atoms with Gasteiger partial charge >= 0.3 is 0 Å². The number of nitrogens with zero attached hydrogens (tertiary/aromatic N) is 1. The number of aromatic nitrogens is 1. The summed E-state index contributed by atoms with van der Waals surface area (Å²) in [6.07, 6.45) is 2.22. The maximum Gasteiger partial charge on any atom is 0.171 e. The van der Waals surface area contributed by atoms with Gasteiger partial charge in [-0.15, -0.1) is 0 Å². The number of ether oxygens (including phenoxy) is 1. The molecule has 2 N–H and O–H groups in total. The van der Waals surface area contributed by atoms with E-state index in [4.69, 9.17) is 4.74 Å². The molecular weight excluding hydrogens is 202 g/mol. The second-order valence-corrected chi connectivity index (χ2v) is 3.98. The lowest BCUT2D eigenvalue weighted by atomic mass is 10.2. The first-order valence-corrected chi connectivity index (χ1v) is 5.97. The quantitative estimate of drug-likeness (QED) is 0.820. The van der Waals surface area contributed by atoms with Crippen LogP contribution in [0.25, 0.3) is 0 Å². The van der Waals surface area contributed by atoms with Gasteiger partial charge in [0.15, 0.2) is 11.6 Å².